The Morgan fingerprint density at radius 2 is 1.74 bits per heavy atom. The van der Waals surface area contributed by atoms with Crippen molar-refractivity contribution in [1.29, 1.82) is 0 Å². The van der Waals surface area contributed by atoms with Gasteiger partial charge in [-0.2, -0.15) is 0 Å². The second kappa shape index (κ2) is 6.84. The number of benzene rings is 2. The maximum absolute atomic E-state index is 13.3. The fourth-order valence-corrected chi connectivity index (χ4v) is 5.44. The second-order valence-electron chi connectivity index (χ2n) is 9.04. The minimum absolute atomic E-state index is 0.172. The van der Waals surface area contributed by atoms with Crippen LogP contribution < -0.4 is 16.5 Å². The van der Waals surface area contributed by atoms with Crippen LogP contribution in [0.15, 0.2) is 67.3 Å². The van der Waals surface area contributed by atoms with Crippen LogP contribution in [0.4, 0.5) is 0 Å². The molecule has 34 heavy (non-hydrogen) atoms. The number of pyridine rings is 2. The first kappa shape index (κ1) is 19.2. The third-order valence-electron chi connectivity index (χ3n) is 7.02. The minimum Gasteiger partial charge on any atom is -0.454 e. The van der Waals surface area contributed by atoms with E-state index in [0.717, 1.165) is 36.5 Å². The molecule has 1 fully saturated rings. The van der Waals surface area contributed by atoms with Gasteiger partial charge in [0.05, 0.1) is 22.5 Å². The first-order valence-corrected chi connectivity index (χ1v) is 11.4. The Labute approximate surface area is 190 Å². The molecule has 0 unspecified atom stereocenters. The Balaban J connectivity index is 1.69. The van der Waals surface area contributed by atoms with Gasteiger partial charge in [-0.25, -0.2) is 0 Å². The summed E-state index contributed by atoms with van der Waals surface area (Å²) in [6, 6.07) is 14.1. The molecule has 8 heteroatoms. The van der Waals surface area contributed by atoms with Gasteiger partial charge in [-0.15, -0.1) is 0 Å². The van der Waals surface area contributed by atoms with E-state index in [1.54, 1.807) is 12.1 Å². The van der Waals surface area contributed by atoms with E-state index in [1.807, 2.05) is 28.9 Å². The zero-order valence-corrected chi connectivity index (χ0v) is 18.1. The predicted molar refractivity (Wildman–Crippen MR) is 132 cm³/mol. The number of hydrogen-bond acceptors (Lipinski definition) is 4. The quantitative estimate of drug-likeness (QED) is 0.358. The summed E-state index contributed by atoms with van der Waals surface area (Å²) in [6.45, 7) is 0. The molecule has 4 heterocycles. The van der Waals surface area contributed by atoms with Gasteiger partial charge in [-0.3, -0.25) is 24.2 Å². The molecule has 1 aliphatic carbocycles. The lowest BCUT2D eigenvalue weighted by atomic mass is 10.0. The maximum atomic E-state index is 13.3. The SMILES string of the molecule is O=c1ccc2c(c1)oc1c(-c3cc4ccccc4[nH]c3=O)c3c(=O)[nH]n(C4CCCC4)c3[nH]c12. The van der Waals surface area contributed by atoms with E-state index >= 15 is 0 Å². The van der Waals surface area contributed by atoms with Crippen molar-refractivity contribution in [3.63, 3.8) is 0 Å². The second-order valence-corrected chi connectivity index (χ2v) is 9.04. The Morgan fingerprint density at radius 3 is 2.59 bits per heavy atom. The Kier molecular flexibility index (Phi) is 3.85. The molecule has 0 atom stereocenters. The summed E-state index contributed by atoms with van der Waals surface area (Å²) in [5, 5.41) is 4.95. The first-order chi connectivity index (χ1) is 16.6. The van der Waals surface area contributed by atoms with Crippen LogP contribution in [0.1, 0.15) is 31.7 Å². The van der Waals surface area contributed by atoms with E-state index < -0.39 is 0 Å². The van der Waals surface area contributed by atoms with Gasteiger partial charge in [0.1, 0.15) is 11.2 Å². The Morgan fingerprint density at radius 1 is 0.912 bits per heavy atom. The monoisotopic (exact) mass is 452 g/mol. The topological polar surface area (TPSA) is 117 Å². The zero-order chi connectivity index (χ0) is 23.0. The third-order valence-corrected chi connectivity index (χ3v) is 7.02. The molecule has 168 valence electrons. The number of furan rings is 1. The predicted octanol–water partition coefficient (Wildman–Crippen LogP) is 4.54. The highest BCUT2D eigenvalue weighted by Crippen LogP contribution is 2.39. The molecule has 4 aromatic heterocycles. The molecule has 0 amide bonds. The van der Waals surface area contributed by atoms with Crippen LogP contribution in [0.25, 0.3) is 55.1 Å². The van der Waals surface area contributed by atoms with Crippen LogP contribution in [0.2, 0.25) is 0 Å². The molecule has 0 aliphatic heterocycles. The van der Waals surface area contributed by atoms with Gasteiger partial charge in [0, 0.05) is 22.5 Å². The summed E-state index contributed by atoms with van der Waals surface area (Å²) in [7, 11) is 0. The number of aromatic amines is 3. The molecule has 3 N–H and O–H groups in total. The summed E-state index contributed by atoms with van der Waals surface area (Å²) < 4.78 is 8.04. The molecule has 0 saturated heterocycles. The van der Waals surface area contributed by atoms with Crippen molar-refractivity contribution in [2.45, 2.75) is 31.7 Å². The molecular weight excluding hydrogens is 432 g/mol. The van der Waals surface area contributed by atoms with Crippen molar-refractivity contribution in [2.24, 2.45) is 0 Å². The normalized spacial score (nSPS) is 14.8. The van der Waals surface area contributed by atoms with E-state index in [1.165, 1.54) is 12.1 Å². The van der Waals surface area contributed by atoms with Crippen LogP contribution >= 0.6 is 0 Å². The highest BCUT2D eigenvalue weighted by molar-refractivity contribution is 6.14. The number of rotatable bonds is 2. The summed E-state index contributed by atoms with van der Waals surface area (Å²) in [5.74, 6) is 0. The van der Waals surface area contributed by atoms with E-state index in [4.69, 9.17) is 4.42 Å². The molecule has 0 spiro atoms. The van der Waals surface area contributed by atoms with Crippen LogP contribution in [0.5, 0.6) is 0 Å². The number of nitrogens with one attached hydrogen (secondary N) is 3. The average Bonchev–Trinajstić information content (AvgIpc) is 3.55. The van der Waals surface area contributed by atoms with Crippen molar-refractivity contribution >= 4 is 44.0 Å². The third kappa shape index (κ3) is 2.62. The number of nitrogens with zero attached hydrogens (tertiary/aromatic N) is 1. The van der Waals surface area contributed by atoms with Gasteiger partial charge in [0.2, 0.25) is 0 Å². The van der Waals surface area contributed by atoms with Gasteiger partial charge in [0.15, 0.2) is 11.0 Å². The van der Waals surface area contributed by atoms with Crippen LogP contribution in [0.3, 0.4) is 0 Å². The summed E-state index contributed by atoms with van der Waals surface area (Å²) in [4.78, 5) is 45.0. The molecule has 1 aliphatic rings. The van der Waals surface area contributed by atoms with Crippen LogP contribution in [-0.2, 0) is 0 Å². The lowest BCUT2D eigenvalue weighted by molar-refractivity contribution is 0.476. The van der Waals surface area contributed by atoms with Gasteiger partial charge < -0.3 is 14.4 Å². The Bertz CT molecular complexity index is 1940. The van der Waals surface area contributed by atoms with Gasteiger partial charge in [0.25, 0.3) is 11.1 Å². The van der Waals surface area contributed by atoms with Crippen molar-refractivity contribution < 1.29 is 4.42 Å². The molecule has 0 radical (unpaired) electrons. The maximum Gasteiger partial charge on any atom is 0.274 e. The van der Waals surface area contributed by atoms with E-state index in [0.29, 0.717) is 44.4 Å². The van der Waals surface area contributed by atoms with Gasteiger partial charge in [-0.1, -0.05) is 31.0 Å². The molecular formula is C26H20N4O4. The lowest BCUT2D eigenvalue weighted by Crippen LogP contribution is -2.11. The molecule has 2 aromatic carbocycles. The van der Waals surface area contributed by atoms with E-state index in [-0.39, 0.29) is 22.6 Å². The standard InChI is InChI=1S/C26H20N4O4/c31-15-9-10-16-19(12-15)34-23-20(17-11-13-5-1-4-8-18(13)27-25(17)32)21-24(28-22(16)23)30(29-26(21)33)14-6-2-3-7-14/h1,4-5,8-12,14,28H,2-3,6-7H2,(H,27,32)(H,29,33). The number of H-pyrrole nitrogens is 3. The molecule has 0 bridgehead atoms. The van der Waals surface area contributed by atoms with Crippen molar-refractivity contribution in [2.75, 3.05) is 0 Å². The number of para-hydroxylation sites is 1. The largest absolute Gasteiger partial charge is 0.454 e. The highest BCUT2D eigenvalue weighted by atomic mass is 16.3. The van der Waals surface area contributed by atoms with Crippen molar-refractivity contribution in [3.05, 3.63) is 79.5 Å². The number of hydrogen-bond donors (Lipinski definition) is 3. The first-order valence-electron chi connectivity index (χ1n) is 11.4. The summed E-state index contributed by atoms with van der Waals surface area (Å²) >= 11 is 0. The Hall–Kier alpha value is -4.33. The molecule has 7 rings (SSSR count). The smallest absolute Gasteiger partial charge is 0.274 e. The van der Waals surface area contributed by atoms with E-state index in [9.17, 15) is 14.4 Å². The highest BCUT2D eigenvalue weighted by Gasteiger charge is 2.27. The van der Waals surface area contributed by atoms with E-state index in [2.05, 4.69) is 15.1 Å². The summed E-state index contributed by atoms with van der Waals surface area (Å²) in [5.41, 5.74) is 2.78. The summed E-state index contributed by atoms with van der Waals surface area (Å²) in [6.07, 6.45) is 4.16. The zero-order valence-electron chi connectivity index (χ0n) is 18.1. The van der Waals surface area contributed by atoms with Crippen molar-refractivity contribution in [3.8, 4) is 11.1 Å². The van der Waals surface area contributed by atoms with Crippen LogP contribution in [-0.4, -0.2) is 19.7 Å². The van der Waals surface area contributed by atoms with Crippen LogP contribution in [0, 0.1) is 0 Å². The number of aromatic nitrogens is 4. The fourth-order valence-electron chi connectivity index (χ4n) is 5.44. The average molecular weight is 452 g/mol. The molecule has 1 saturated carbocycles. The molecule has 8 nitrogen and oxygen atoms in total. The van der Waals surface area contributed by atoms with Gasteiger partial charge >= 0.3 is 0 Å². The molecule has 6 aromatic rings. The lowest BCUT2D eigenvalue weighted by Gasteiger charge is -2.13. The minimum atomic E-state index is -0.314. The fraction of sp³-hybridized carbons (Fsp3) is 0.192. The number of fused-ring (bicyclic) bond motifs is 5. The van der Waals surface area contributed by atoms with Crippen molar-refractivity contribution in [1.82, 2.24) is 19.7 Å². The van der Waals surface area contributed by atoms with Gasteiger partial charge in [-0.05, 0) is 42.5 Å².